The Morgan fingerprint density at radius 1 is 1.62 bits per heavy atom. The maximum atomic E-state index is 11.8. The number of fused-ring (bicyclic) bond motifs is 1. The Labute approximate surface area is 83.0 Å². The molecule has 2 N–H and O–H groups in total. The third-order valence-electron chi connectivity index (χ3n) is 2.94. The highest BCUT2D eigenvalue weighted by molar-refractivity contribution is 8.01. The summed E-state index contributed by atoms with van der Waals surface area (Å²) in [5.74, 6) is 0.145. The van der Waals surface area contributed by atoms with Gasteiger partial charge >= 0.3 is 0 Å². The van der Waals surface area contributed by atoms with E-state index in [2.05, 4.69) is 13.8 Å². The van der Waals surface area contributed by atoms with Gasteiger partial charge in [0, 0.05) is 11.3 Å². The fraction of sp³-hybridized carbons (Fsp3) is 0.889. The molecule has 0 aliphatic carbocycles. The molecule has 2 fully saturated rings. The molecule has 0 bridgehead atoms. The van der Waals surface area contributed by atoms with Crippen LogP contribution >= 0.6 is 11.8 Å². The third-order valence-corrected chi connectivity index (χ3v) is 4.56. The maximum absolute atomic E-state index is 11.8. The number of thioether (sulfide) groups is 1. The van der Waals surface area contributed by atoms with E-state index in [9.17, 15) is 4.79 Å². The summed E-state index contributed by atoms with van der Waals surface area (Å²) >= 11 is 1.85. The maximum Gasteiger partial charge on any atom is 0.241 e. The van der Waals surface area contributed by atoms with Crippen molar-refractivity contribution in [3.63, 3.8) is 0 Å². The van der Waals surface area contributed by atoms with Crippen LogP contribution < -0.4 is 5.73 Å². The summed E-state index contributed by atoms with van der Waals surface area (Å²) in [6.07, 6.45) is 2.26. The van der Waals surface area contributed by atoms with Gasteiger partial charge in [0.1, 0.15) is 0 Å². The standard InChI is InChI=1S/C9H16N2OS/c1-9(2)7(10)8(12)11-5-3-4-6(11)13-9/h6-7H,3-5,10H2,1-2H3. The molecule has 2 aliphatic rings. The fourth-order valence-electron chi connectivity index (χ4n) is 2.01. The zero-order valence-electron chi connectivity index (χ0n) is 8.12. The van der Waals surface area contributed by atoms with Gasteiger partial charge in [-0.3, -0.25) is 4.79 Å². The van der Waals surface area contributed by atoms with E-state index in [1.807, 2.05) is 16.7 Å². The van der Waals surface area contributed by atoms with Crippen molar-refractivity contribution in [1.82, 2.24) is 4.90 Å². The first-order valence-corrected chi connectivity index (χ1v) is 5.64. The topological polar surface area (TPSA) is 46.3 Å². The van der Waals surface area contributed by atoms with Gasteiger partial charge in [0.05, 0.1) is 11.4 Å². The molecule has 4 heteroatoms. The molecule has 3 nitrogen and oxygen atoms in total. The Bertz CT molecular complexity index is 238. The number of rotatable bonds is 0. The van der Waals surface area contributed by atoms with E-state index < -0.39 is 0 Å². The van der Waals surface area contributed by atoms with E-state index in [-0.39, 0.29) is 16.7 Å². The van der Waals surface area contributed by atoms with Gasteiger partial charge in [-0.2, -0.15) is 0 Å². The molecular weight excluding hydrogens is 184 g/mol. The molecule has 2 unspecified atom stereocenters. The molecular formula is C9H16N2OS. The number of amides is 1. The lowest BCUT2D eigenvalue weighted by Crippen LogP contribution is -2.59. The van der Waals surface area contributed by atoms with Crippen LogP contribution in [0.2, 0.25) is 0 Å². The Kier molecular flexibility index (Phi) is 2.07. The summed E-state index contributed by atoms with van der Waals surface area (Å²) in [4.78, 5) is 13.8. The van der Waals surface area contributed by atoms with E-state index in [4.69, 9.17) is 5.73 Å². The van der Waals surface area contributed by atoms with Crippen molar-refractivity contribution in [3.8, 4) is 0 Å². The fourth-order valence-corrected chi connectivity index (χ4v) is 3.58. The number of carbonyl (C=O) groups excluding carboxylic acids is 1. The molecule has 0 saturated carbocycles. The number of nitrogens with zero attached hydrogens (tertiary/aromatic N) is 1. The van der Waals surface area contributed by atoms with Crippen LogP contribution in [0.3, 0.4) is 0 Å². The van der Waals surface area contributed by atoms with Gasteiger partial charge in [-0.1, -0.05) is 0 Å². The Morgan fingerprint density at radius 2 is 2.31 bits per heavy atom. The molecule has 2 heterocycles. The quantitative estimate of drug-likeness (QED) is 0.629. The van der Waals surface area contributed by atoms with Crippen LogP contribution in [0.1, 0.15) is 26.7 Å². The predicted octanol–water partition coefficient (Wildman–Crippen LogP) is 0.788. The molecule has 2 saturated heterocycles. The van der Waals surface area contributed by atoms with Crippen LogP contribution in [-0.2, 0) is 4.79 Å². The Balaban J connectivity index is 2.23. The van der Waals surface area contributed by atoms with Crippen LogP contribution in [0, 0.1) is 0 Å². The molecule has 2 rings (SSSR count). The lowest BCUT2D eigenvalue weighted by Gasteiger charge is -2.42. The summed E-state index contributed by atoms with van der Waals surface area (Å²) < 4.78 is -0.0947. The molecule has 13 heavy (non-hydrogen) atoms. The van der Waals surface area contributed by atoms with Gasteiger partial charge in [0.25, 0.3) is 0 Å². The molecule has 74 valence electrons. The lowest BCUT2D eigenvalue weighted by molar-refractivity contribution is -0.133. The van der Waals surface area contributed by atoms with Crippen molar-refractivity contribution in [1.29, 1.82) is 0 Å². The van der Waals surface area contributed by atoms with Gasteiger partial charge in [0.15, 0.2) is 0 Å². The van der Waals surface area contributed by atoms with Gasteiger partial charge in [0.2, 0.25) is 5.91 Å². The minimum atomic E-state index is -0.327. The first kappa shape index (κ1) is 9.34. The van der Waals surface area contributed by atoms with E-state index in [0.29, 0.717) is 5.37 Å². The number of hydrogen-bond donors (Lipinski definition) is 1. The molecule has 0 aromatic carbocycles. The van der Waals surface area contributed by atoms with Crippen LogP contribution in [-0.4, -0.2) is 33.5 Å². The average molecular weight is 200 g/mol. The first-order valence-electron chi connectivity index (χ1n) is 4.76. The Hall–Kier alpha value is -0.220. The van der Waals surface area contributed by atoms with Crippen LogP contribution in [0.15, 0.2) is 0 Å². The van der Waals surface area contributed by atoms with Gasteiger partial charge in [-0.25, -0.2) is 0 Å². The smallest absolute Gasteiger partial charge is 0.241 e. The third kappa shape index (κ3) is 1.36. The molecule has 0 radical (unpaired) electrons. The summed E-state index contributed by atoms with van der Waals surface area (Å²) in [5, 5.41) is 0.391. The van der Waals surface area contributed by atoms with Gasteiger partial charge < -0.3 is 10.6 Å². The van der Waals surface area contributed by atoms with Crippen molar-refractivity contribution in [3.05, 3.63) is 0 Å². The van der Waals surface area contributed by atoms with Gasteiger partial charge in [-0.05, 0) is 26.7 Å². The monoisotopic (exact) mass is 200 g/mol. The second-order valence-electron chi connectivity index (χ2n) is 4.33. The van der Waals surface area contributed by atoms with Crippen molar-refractivity contribution < 1.29 is 4.79 Å². The highest BCUT2D eigenvalue weighted by Crippen LogP contribution is 2.42. The van der Waals surface area contributed by atoms with Crippen LogP contribution in [0.5, 0.6) is 0 Å². The van der Waals surface area contributed by atoms with E-state index in [1.54, 1.807) is 0 Å². The van der Waals surface area contributed by atoms with Crippen LogP contribution in [0.25, 0.3) is 0 Å². The molecule has 1 amide bonds. The minimum Gasteiger partial charge on any atom is -0.329 e. The largest absolute Gasteiger partial charge is 0.329 e. The van der Waals surface area contributed by atoms with Crippen molar-refractivity contribution in [2.45, 2.75) is 42.9 Å². The molecule has 2 atom stereocenters. The number of carbonyl (C=O) groups is 1. The van der Waals surface area contributed by atoms with E-state index in [0.717, 1.165) is 19.4 Å². The van der Waals surface area contributed by atoms with Crippen LogP contribution in [0.4, 0.5) is 0 Å². The van der Waals surface area contributed by atoms with Crippen molar-refractivity contribution >= 4 is 17.7 Å². The SMILES string of the molecule is CC1(C)SC2CCCN2C(=O)C1N. The summed E-state index contributed by atoms with van der Waals surface area (Å²) in [6, 6.07) is -0.327. The average Bonchev–Trinajstić information content (AvgIpc) is 2.47. The zero-order chi connectivity index (χ0) is 9.64. The zero-order valence-corrected chi connectivity index (χ0v) is 8.93. The summed E-state index contributed by atoms with van der Waals surface area (Å²) in [7, 11) is 0. The molecule has 0 aromatic rings. The lowest BCUT2D eigenvalue weighted by atomic mass is 10.0. The highest BCUT2D eigenvalue weighted by Gasteiger charge is 2.46. The minimum absolute atomic E-state index is 0.0947. The Morgan fingerprint density at radius 3 is 3.00 bits per heavy atom. The molecule has 0 spiro atoms. The van der Waals surface area contributed by atoms with Gasteiger partial charge in [-0.15, -0.1) is 11.8 Å². The van der Waals surface area contributed by atoms with Crippen molar-refractivity contribution in [2.75, 3.05) is 6.54 Å². The van der Waals surface area contributed by atoms with Crippen molar-refractivity contribution in [2.24, 2.45) is 5.73 Å². The summed E-state index contributed by atoms with van der Waals surface area (Å²) in [5.41, 5.74) is 5.90. The van der Waals surface area contributed by atoms with E-state index >= 15 is 0 Å². The number of nitrogens with two attached hydrogens (primary N) is 1. The number of hydrogen-bond acceptors (Lipinski definition) is 3. The summed E-state index contributed by atoms with van der Waals surface area (Å²) in [6.45, 7) is 5.03. The molecule has 2 aliphatic heterocycles. The second-order valence-corrected chi connectivity index (χ2v) is 6.16. The highest BCUT2D eigenvalue weighted by atomic mass is 32.2. The second kappa shape index (κ2) is 2.89. The predicted molar refractivity (Wildman–Crippen MR) is 54.4 cm³/mol. The first-order chi connectivity index (χ1) is 6.02. The van der Waals surface area contributed by atoms with E-state index in [1.165, 1.54) is 0 Å². The normalized spacial score (nSPS) is 37.8. The molecule has 0 aromatic heterocycles.